The van der Waals surface area contributed by atoms with Crippen molar-refractivity contribution in [1.29, 1.82) is 0 Å². The van der Waals surface area contributed by atoms with Crippen molar-refractivity contribution in [2.75, 3.05) is 27.9 Å². The zero-order valence-electron chi connectivity index (χ0n) is 24.3. The monoisotopic (exact) mass is 603 g/mol. The number of aliphatic hydroxyl groups excluding tert-OH is 1. The summed E-state index contributed by atoms with van der Waals surface area (Å²) in [5, 5.41) is 13.7. The minimum Gasteiger partial charge on any atom is -0.497 e. The lowest BCUT2D eigenvalue weighted by molar-refractivity contribution is -0.0960. The van der Waals surface area contributed by atoms with E-state index in [4.69, 9.17) is 23.7 Å². The Kier molecular flexibility index (Phi) is 9.14. The van der Waals surface area contributed by atoms with Crippen LogP contribution in [0.1, 0.15) is 22.9 Å². The molecule has 3 aromatic carbocycles. The Labute approximate surface area is 252 Å². The predicted molar refractivity (Wildman–Crippen MR) is 159 cm³/mol. The van der Waals surface area contributed by atoms with Crippen LogP contribution in [0, 0.1) is 0 Å². The van der Waals surface area contributed by atoms with Gasteiger partial charge in [-0.3, -0.25) is 14.3 Å². The number of hydrogen-bond donors (Lipinski definition) is 3. The van der Waals surface area contributed by atoms with Gasteiger partial charge in [-0.2, -0.15) is 0 Å². The van der Waals surface area contributed by atoms with Crippen LogP contribution in [0.25, 0.3) is 0 Å². The van der Waals surface area contributed by atoms with E-state index >= 15 is 0 Å². The van der Waals surface area contributed by atoms with E-state index in [-0.39, 0.29) is 6.61 Å². The molecule has 44 heavy (non-hydrogen) atoms. The first-order valence-corrected chi connectivity index (χ1v) is 13.8. The van der Waals surface area contributed by atoms with Crippen LogP contribution >= 0.6 is 0 Å². The van der Waals surface area contributed by atoms with Gasteiger partial charge in [-0.05, 0) is 41.0 Å². The van der Waals surface area contributed by atoms with E-state index in [1.54, 1.807) is 14.2 Å². The van der Waals surface area contributed by atoms with Gasteiger partial charge in [0.1, 0.15) is 29.3 Å². The molecule has 2 heterocycles. The smallest absolute Gasteiger partial charge is 0.407 e. The molecule has 1 amide bonds. The van der Waals surface area contributed by atoms with E-state index < -0.39 is 47.5 Å². The summed E-state index contributed by atoms with van der Waals surface area (Å²) < 4.78 is 30.2. The second kappa shape index (κ2) is 13.2. The van der Waals surface area contributed by atoms with Crippen molar-refractivity contribution >= 4 is 6.09 Å². The maximum Gasteiger partial charge on any atom is 0.407 e. The third-order valence-electron chi connectivity index (χ3n) is 7.52. The van der Waals surface area contributed by atoms with E-state index in [0.717, 1.165) is 27.3 Å². The highest BCUT2D eigenvalue weighted by molar-refractivity contribution is 5.67. The molecule has 0 spiro atoms. The second-order valence-electron chi connectivity index (χ2n) is 10.0. The van der Waals surface area contributed by atoms with Gasteiger partial charge in [0.05, 0.1) is 20.8 Å². The van der Waals surface area contributed by atoms with Crippen LogP contribution in [0.4, 0.5) is 4.79 Å². The molecule has 4 aromatic rings. The van der Waals surface area contributed by atoms with Crippen molar-refractivity contribution in [3.8, 4) is 11.5 Å². The van der Waals surface area contributed by atoms with Gasteiger partial charge in [-0.15, -0.1) is 0 Å². The molecule has 3 N–H and O–H groups in total. The van der Waals surface area contributed by atoms with Crippen LogP contribution < -0.4 is 26.0 Å². The molecule has 4 atom stereocenters. The van der Waals surface area contributed by atoms with Crippen LogP contribution in [0.3, 0.4) is 0 Å². The highest BCUT2D eigenvalue weighted by Gasteiger charge is 2.49. The number of H-pyrrole nitrogens is 1. The molecule has 0 saturated carbocycles. The molecule has 0 unspecified atom stereocenters. The number of aromatic nitrogens is 2. The Hall–Kier alpha value is -4.91. The SMILES string of the molecule is CNC(=O)O[C@@H]1[C@H](O)[C@@H](COC(c2ccccc2)(c2ccc(OC)cc2)c2ccc(OC)cc2)O[C@H]1n1ccc(=O)[nH]c1=O. The van der Waals surface area contributed by atoms with Crippen LogP contribution in [0.2, 0.25) is 0 Å². The normalized spacial score (nSPS) is 19.7. The summed E-state index contributed by atoms with van der Waals surface area (Å²) in [5.74, 6) is 1.31. The largest absolute Gasteiger partial charge is 0.497 e. The minimum atomic E-state index is -1.41. The number of amides is 1. The van der Waals surface area contributed by atoms with Gasteiger partial charge in [0.25, 0.3) is 5.56 Å². The number of hydrogen-bond acceptors (Lipinski definition) is 9. The topological polar surface area (TPSA) is 150 Å². The molecule has 1 aliphatic rings. The second-order valence-corrected chi connectivity index (χ2v) is 10.0. The number of rotatable bonds is 10. The van der Waals surface area contributed by atoms with Gasteiger partial charge in [-0.1, -0.05) is 54.6 Å². The summed E-state index contributed by atoms with van der Waals surface area (Å²) in [4.78, 5) is 38.7. The van der Waals surface area contributed by atoms with Crippen molar-refractivity contribution in [2.24, 2.45) is 0 Å². The standard InChI is InChI=1S/C32H33N3O9/c1-33-31(39)44-28-27(37)25(43-29(28)35-18-17-26(36)34-30(35)38)19-42-32(20-7-5-4-6-8-20,21-9-13-23(40-2)14-10-21)22-11-15-24(41-3)16-12-22/h4-18,25,27-29,37H,19H2,1-3H3,(H,33,39)(H,34,36,38)/t25-,27-,28-,29-/m1/s1. The Morgan fingerprint density at radius 1 is 0.909 bits per heavy atom. The summed E-state index contributed by atoms with van der Waals surface area (Å²) in [7, 11) is 4.53. The molecule has 12 nitrogen and oxygen atoms in total. The highest BCUT2D eigenvalue weighted by Crippen LogP contribution is 2.43. The molecule has 5 rings (SSSR count). The van der Waals surface area contributed by atoms with Crippen molar-refractivity contribution < 1.29 is 33.6 Å². The molecular weight excluding hydrogens is 570 g/mol. The zero-order valence-corrected chi connectivity index (χ0v) is 24.3. The van der Waals surface area contributed by atoms with Gasteiger partial charge >= 0.3 is 11.8 Å². The van der Waals surface area contributed by atoms with Crippen molar-refractivity contribution in [3.63, 3.8) is 0 Å². The predicted octanol–water partition coefficient (Wildman–Crippen LogP) is 2.55. The number of ether oxygens (including phenoxy) is 5. The number of carbonyl (C=O) groups excluding carboxylic acids is 1. The number of aromatic amines is 1. The Morgan fingerprint density at radius 3 is 2.00 bits per heavy atom. The number of aliphatic hydroxyl groups is 1. The lowest BCUT2D eigenvalue weighted by atomic mass is 9.80. The van der Waals surface area contributed by atoms with Crippen LogP contribution in [0.15, 0.2) is 101 Å². The maximum absolute atomic E-state index is 12.7. The number of nitrogens with one attached hydrogen (secondary N) is 2. The molecule has 0 bridgehead atoms. The first kappa shape index (κ1) is 30.5. The number of methoxy groups -OCH3 is 2. The van der Waals surface area contributed by atoms with Gasteiger partial charge in [-0.25, -0.2) is 9.59 Å². The number of alkyl carbamates (subject to hydrolysis) is 1. The van der Waals surface area contributed by atoms with Crippen LogP contribution in [-0.4, -0.2) is 66.9 Å². The van der Waals surface area contributed by atoms with Crippen LogP contribution in [0.5, 0.6) is 11.5 Å². The van der Waals surface area contributed by atoms with Gasteiger partial charge < -0.3 is 34.1 Å². The molecule has 0 aliphatic carbocycles. The van der Waals surface area contributed by atoms with E-state index in [0.29, 0.717) is 11.5 Å². The molecule has 230 valence electrons. The first-order valence-electron chi connectivity index (χ1n) is 13.8. The Balaban J connectivity index is 1.58. The maximum atomic E-state index is 12.7. The van der Waals surface area contributed by atoms with E-state index in [2.05, 4.69) is 10.3 Å². The lowest BCUT2D eigenvalue weighted by Gasteiger charge is -2.37. The molecule has 0 radical (unpaired) electrons. The van der Waals surface area contributed by atoms with Gasteiger partial charge in [0, 0.05) is 19.3 Å². The molecule has 1 aromatic heterocycles. The molecule has 1 saturated heterocycles. The zero-order chi connectivity index (χ0) is 31.3. The average Bonchev–Trinajstić information content (AvgIpc) is 3.36. The average molecular weight is 604 g/mol. The van der Waals surface area contributed by atoms with E-state index in [1.165, 1.54) is 13.2 Å². The van der Waals surface area contributed by atoms with Crippen molar-refractivity contribution in [1.82, 2.24) is 14.9 Å². The quantitative estimate of drug-likeness (QED) is 0.232. The molecule has 12 heteroatoms. The fourth-order valence-electron chi connectivity index (χ4n) is 5.30. The molecular formula is C32H33N3O9. The Morgan fingerprint density at radius 2 is 1.48 bits per heavy atom. The third kappa shape index (κ3) is 5.95. The van der Waals surface area contributed by atoms with Crippen molar-refractivity contribution in [2.45, 2.75) is 30.1 Å². The highest BCUT2D eigenvalue weighted by atomic mass is 16.6. The summed E-state index contributed by atoms with van der Waals surface area (Å²) in [6, 6.07) is 25.5. The van der Waals surface area contributed by atoms with Gasteiger partial charge in [0.2, 0.25) is 0 Å². The molecule has 1 aliphatic heterocycles. The van der Waals surface area contributed by atoms with E-state index in [9.17, 15) is 19.5 Å². The van der Waals surface area contributed by atoms with Gasteiger partial charge in [0.15, 0.2) is 12.3 Å². The summed E-state index contributed by atoms with van der Waals surface area (Å²) in [6.07, 6.45) is -4.65. The van der Waals surface area contributed by atoms with Crippen molar-refractivity contribution in [3.05, 3.63) is 129 Å². The molecule has 1 fully saturated rings. The lowest BCUT2D eigenvalue weighted by Crippen LogP contribution is -2.42. The number of benzene rings is 3. The number of carbonyl (C=O) groups is 1. The third-order valence-corrected chi connectivity index (χ3v) is 7.52. The fourth-order valence-corrected chi connectivity index (χ4v) is 5.30. The summed E-state index contributed by atoms with van der Waals surface area (Å²) in [6.45, 7) is -0.198. The Bertz CT molecular complexity index is 1620. The van der Waals surface area contributed by atoms with Crippen LogP contribution in [-0.2, 0) is 19.8 Å². The minimum absolute atomic E-state index is 0.198. The summed E-state index contributed by atoms with van der Waals surface area (Å²) >= 11 is 0. The summed E-state index contributed by atoms with van der Waals surface area (Å²) in [5.41, 5.74) is -0.318. The van der Waals surface area contributed by atoms with E-state index in [1.807, 2.05) is 78.9 Å². The first-order chi connectivity index (χ1) is 21.3. The fraction of sp³-hybridized carbons (Fsp3) is 0.281. The number of nitrogens with zero attached hydrogens (tertiary/aromatic N) is 1.